The monoisotopic (exact) mass is 324 g/mol. The van der Waals surface area contributed by atoms with Crippen LogP contribution in [0.2, 0.25) is 0 Å². The summed E-state index contributed by atoms with van der Waals surface area (Å²) in [6.07, 6.45) is 5.87. The second-order valence-corrected chi connectivity index (χ2v) is 6.33. The van der Waals surface area contributed by atoms with Gasteiger partial charge >= 0.3 is 0 Å². The summed E-state index contributed by atoms with van der Waals surface area (Å²) < 4.78 is 14.0. The van der Waals surface area contributed by atoms with Gasteiger partial charge in [0.05, 0.1) is 11.4 Å². The second kappa shape index (κ2) is 6.91. The van der Waals surface area contributed by atoms with Crippen LogP contribution in [0.1, 0.15) is 31.4 Å². The smallest absolute Gasteiger partial charge is 0.105 e. The van der Waals surface area contributed by atoms with E-state index in [0.717, 1.165) is 29.1 Å². The Hall–Kier alpha value is -2.55. The van der Waals surface area contributed by atoms with E-state index in [0.29, 0.717) is 5.57 Å². The van der Waals surface area contributed by atoms with Crippen LogP contribution in [0.4, 0.5) is 4.39 Å². The maximum Gasteiger partial charge on any atom is 0.105 e. The molecule has 1 atom stereocenters. The Morgan fingerprint density at radius 2 is 2.08 bits per heavy atom. The molecule has 1 aliphatic rings. The zero-order chi connectivity index (χ0) is 17.9. The van der Waals surface area contributed by atoms with Gasteiger partial charge in [0.2, 0.25) is 0 Å². The molecule has 1 aliphatic heterocycles. The zero-order valence-electron chi connectivity index (χ0n) is 14.7. The minimum atomic E-state index is -0.325. The van der Waals surface area contributed by atoms with Crippen molar-refractivity contribution in [1.82, 2.24) is 10.2 Å². The molecule has 1 heterocycles. The molecular weight excluding hydrogens is 299 g/mol. The Bertz CT molecular complexity index is 718. The van der Waals surface area contributed by atoms with Crippen molar-refractivity contribution in [2.24, 2.45) is 0 Å². The van der Waals surface area contributed by atoms with Crippen LogP contribution >= 0.6 is 0 Å². The highest BCUT2D eigenvalue weighted by Gasteiger charge is 2.34. The van der Waals surface area contributed by atoms with Crippen LogP contribution in [0.25, 0.3) is 5.57 Å². The molecule has 0 unspecified atom stereocenters. The predicted octanol–water partition coefficient (Wildman–Crippen LogP) is 5.25. The van der Waals surface area contributed by atoms with Crippen LogP contribution in [0.3, 0.4) is 0 Å². The topological polar surface area (TPSA) is 15.3 Å². The number of halogens is 1. The summed E-state index contributed by atoms with van der Waals surface area (Å²) >= 11 is 0. The average molecular weight is 324 g/mol. The normalized spacial score (nSPS) is 22.4. The van der Waals surface area contributed by atoms with E-state index in [9.17, 15) is 4.39 Å². The largest absolute Gasteiger partial charge is 0.362 e. The van der Waals surface area contributed by atoms with E-state index >= 15 is 0 Å². The van der Waals surface area contributed by atoms with Gasteiger partial charge in [0.1, 0.15) is 5.83 Å². The summed E-state index contributed by atoms with van der Waals surface area (Å²) in [6.45, 7) is 15.4. The molecule has 1 N–H and O–H groups in total. The lowest BCUT2D eigenvalue weighted by molar-refractivity contribution is 0.268. The lowest BCUT2D eigenvalue weighted by atomic mass is 9.84. The van der Waals surface area contributed by atoms with E-state index in [1.165, 1.54) is 6.92 Å². The number of hydrogen-bond donors (Lipinski definition) is 1. The summed E-state index contributed by atoms with van der Waals surface area (Å²) in [5.41, 5.74) is 3.14. The lowest BCUT2D eigenvalue weighted by Crippen LogP contribution is -2.48. The molecule has 0 aromatic heterocycles. The molecule has 0 saturated carbocycles. The molecule has 126 valence electrons. The van der Waals surface area contributed by atoms with E-state index in [1.807, 2.05) is 36.2 Å². The highest BCUT2D eigenvalue weighted by molar-refractivity contribution is 5.76. The maximum atomic E-state index is 14.0. The van der Waals surface area contributed by atoms with Crippen LogP contribution in [0.15, 0.2) is 79.6 Å². The quantitative estimate of drug-likeness (QED) is 0.761. The summed E-state index contributed by atoms with van der Waals surface area (Å²) in [7, 11) is 1.95. The Labute approximate surface area is 144 Å². The molecule has 2 rings (SSSR count). The Balaban J connectivity index is 2.45. The molecule has 1 aromatic carbocycles. The fraction of sp³-hybridized carbons (Fsp3) is 0.238. The van der Waals surface area contributed by atoms with Crippen molar-refractivity contribution in [2.45, 2.75) is 25.8 Å². The van der Waals surface area contributed by atoms with Crippen molar-refractivity contribution in [3.8, 4) is 0 Å². The molecule has 0 radical (unpaired) electrons. The Morgan fingerprint density at radius 3 is 2.67 bits per heavy atom. The third-order valence-electron chi connectivity index (χ3n) is 4.44. The third-order valence-corrected chi connectivity index (χ3v) is 4.44. The van der Waals surface area contributed by atoms with Gasteiger partial charge < -0.3 is 10.2 Å². The van der Waals surface area contributed by atoms with Crippen molar-refractivity contribution in [1.29, 1.82) is 0 Å². The number of allylic oxidation sites excluding steroid dienone is 5. The number of hydrogen-bond acceptors (Lipinski definition) is 2. The standard InChI is InChI=1S/C21H25FN2/c1-7-8-12-20(16(3)22)18-10-9-11-19(13-18)21(5)14-15(2)24(6)17(4)23-21/h7-13,23H,1-2,4,14H2,3,5-6H3/b12-8-,20-16-/t21-/m0/s1. The van der Waals surface area contributed by atoms with Crippen molar-refractivity contribution in [3.05, 3.63) is 90.7 Å². The van der Waals surface area contributed by atoms with Crippen LogP contribution in [0, 0.1) is 0 Å². The molecule has 1 saturated heterocycles. The molecule has 2 nitrogen and oxygen atoms in total. The van der Waals surface area contributed by atoms with Gasteiger partial charge in [0.15, 0.2) is 0 Å². The third kappa shape index (κ3) is 3.51. The van der Waals surface area contributed by atoms with E-state index in [4.69, 9.17) is 0 Å². The molecule has 0 aliphatic carbocycles. The number of benzene rings is 1. The molecular formula is C21H25FN2. The molecule has 1 fully saturated rings. The van der Waals surface area contributed by atoms with Crippen molar-refractivity contribution in [3.63, 3.8) is 0 Å². The fourth-order valence-electron chi connectivity index (χ4n) is 2.94. The van der Waals surface area contributed by atoms with Gasteiger partial charge in [-0.2, -0.15) is 0 Å². The van der Waals surface area contributed by atoms with Crippen molar-refractivity contribution >= 4 is 5.57 Å². The van der Waals surface area contributed by atoms with Gasteiger partial charge in [-0.1, -0.05) is 56.2 Å². The second-order valence-electron chi connectivity index (χ2n) is 6.33. The predicted molar refractivity (Wildman–Crippen MR) is 101 cm³/mol. The van der Waals surface area contributed by atoms with Crippen LogP contribution in [-0.4, -0.2) is 11.9 Å². The van der Waals surface area contributed by atoms with Gasteiger partial charge in [-0.25, -0.2) is 4.39 Å². The molecule has 0 amide bonds. The van der Waals surface area contributed by atoms with Gasteiger partial charge in [0.25, 0.3) is 0 Å². The summed E-state index contributed by atoms with van der Waals surface area (Å²) in [5.74, 6) is 0.587. The number of nitrogens with one attached hydrogen (secondary N) is 1. The van der Waals surface area contributed by atoms with Crippen LogP contribution in [-0.2, 0) is 5.54 Å². The first kappa shape index (κ1) is 17.8. The van der Waals surface area contributed by atoms with Gasteiger partial charge in [-0.05, 0) is 31.0 Å². The molecule has 0 spiro atoms. The SMILES string of the molecule is C=C/C=C\C(=C(/C)F)c1cccc([C@]2(C)CC(=C)N(C)C(=C)N2)c1. The van der Waals surface area contributed by atoms with Crippen LogP contribution < -0.4 is 5.32 Å². The minimum absolute atomic E-state index is 0.222. The zero-order valence-corrected chi connectivity index (χ0v) is 14.7. The average Bonchev–Trinajstić information content (AvgIpc) is 2.53. The molecule has 3 heteroatoms. The first-order valence-electron chi connectivity index (χ1n) is 7.93. The first-order chi connectivity index (χ1) is 11.3. The fourth-order valence-corrected chi connectivity index (χ4v) is 2.94. The highest BCUT2D eigenvalue weighted by atomic mass is 19.1. The highest BCUT2D eigenvalue weighted by Crippen LogP contribution is 2.36. The van der Waals surface area contributed by atoms with E-state index in [2.05, 4.69) is 32.0 Å². The Kier molecular flexibility index (Phi) is 5.13. The molecule has 0 bridgehead atoms. The van der Waals surface area contributed by atoms with Crippen molar-refractivity contribution < 1.29 is 4.39 Å². The molecule has 1 aromatic rings. The van der Waals surface area contributed by atoms with Crippen LogP contribution in [0.5, 0.6) is 0 Å². The van der Waals surface area contributed by atoms with Gasteiger partial charge in [-0.3, -0.25) is 0 Å². The summed E-state index contributed by atoms with van der Waals surface area (Å²) in [5, 5.41) is 3.45. The van der Waals surface area contributed by atoms with Gasteiger partial charge in [0, 0.05) is 24.7 Å². The van der Waals surface area contributed by atoms with E-state index < -0.39 is 0 Å². The summed E-state index contributed by atoms with van der Waals surface area (Å²) in [4.78, 5) is 1.95. The summed E-state index contributed by atoms with van der Waals surface area (Å²) in [6, 6.07) is 7.93. The number of rotatable bonds is 4. The lowest BCUT2D eigenvalue weighted by Gasteiger charge is -2.43. The first-order valence-corrected chi connectivity index (χ1v) is 7.93. The van der Waals surface area contributed by atoms with Gasteiger partial charge in [-0.15, -0.1) is 0 Å². The van der Waals surface area contributed by atoms with E-state index in [-0.39, 0.29) is 11.4 Å². The minimum Gasteiger partial charge on any atom is -0.362 e. The molecule has 24 heavy (non-hydrogen) atoms. The number of nitrogens with zero attached hydrogens (tertiary/aromatic N) is 1. The maximum absolute atomic E-state index is 14.0. The Morgan fingerprint density at radius 1 is 1.38 bits per heavy atom. The van der Waals surface area contributed by atoms with Crippen molar-refractivity contribution in [2.75, 3.05) is 7.05 Å². The van der Waals surface area contributed by atoms with E-state index in [1.54, 1.807) is 18.2 Å².